The number of sulfonamides is 1. The van der Waals surface area contributed by atoms with Gasteiger partial charge in [0.1, 0.15) is 10.7 Å². The molecular formula is C21H22F4N2O3S. The Labute approximate surface area is 178 Å². The molecule has 1 amide bonds. The third kappa shape index (κ3) is 5.62. The average molecular weight is 458 g/mol. The summed E-state index contributed by atoms with van der Waals surface area (Å²) in [5.41, 5.74) is -0.167. The molecule has 1 aliphatic rings. The molecule has 1 N–H and O–H groups in total. The SMILES string of the molecule is O=C(NCCc1ccc(C(F)(F)F)cc1)c1ccc(F)c(S(=O)(=O)N2CCCCC2)c1. The third-order valence-electron chi connectivity index (χ3n) is 5.11. The molecule has 0 aromatic heterocycles. The number of hydrogen-bond acceptors (Lipinski definition) is 3. The molecular weight excluding hydrogens is 436 g/mol. The summed E-state index contributed by atoms with van der Waals surface area (Å²) in [6.45, 7) is 0.742. The van der Waals surface area contributed by atoms with Crippen molar-refractivity contribution in [2.45, 2.75) is 36.8 Å². The molecule has 0 spiro atoms. The van der Waals surface area contributed by atoms with Crippen LogP contribution in [-0.4, -0.2) is 38.3 Å². The third-order valence-corrected chi connectivity index (χ3v) is 7.02. The van der Waals surface area contributed by atoms with E-state index in [1.807, 2.05) is 0 Å². The van der Waals surface area contributed by atoms with Crippen molar-refractivity contribution >= 4 is 15.9 Å². The van der Waals surface area contributed by atoms with E-state index in [0.29, 0.717) is 31.5 Å². The number of rotatable bonds is 6. The van der Waals surface area contributed by atoms with Crippen molar-refractivity contribution in [2.75, 3.05) is 19.6 Å². The summed E-state index contributed by atoms with van der Waals surface area (Å²) in [5.74, 6) is -1.52. The molecule has 1 saturated heterocycles. The summed E-state index contributed by atoms with van der Waals surface area (Å²) in [7, 11) is -4.04. The normalized spacial score (nSPS) is 15.6. The topological polar surface area (TPSA) is 66.5 Å². The Kier molecular flexibility index (Phi) is 7.00. The van der Waals surface area contributed by atoms with Crippen molar-refractivity contribution in [1.29, 1.82) is 0 Å². The summed E-state index contributed by atoms with van der Waals surface area (Å²) >= 11 is 0. The average Bonchev–Trinajstić information content (AvgIpc) is 2.74. The molecule has 0 bridgehead atoms. The zero-order chi connectivity index (χ0) is 22.6. The van der Waals surface area contributed by atoms with Crippen LogP contribution >= 0.6 is 0 Å². The highest BCUT2D eigenvalue weighted by Crippen LogP contribution is 2.29. The van der Waals surface area contributed by atoms with Crippen molar-refractivity contribution in [3.8, 4) is 0 Å². The van der Waals surface area contributed by atoms with Gasteiger partial charge >= 0.3 is 6.18 Å². The van der Waals surface area contributed by atoms with E-state index in [4.69, 9.17) is 0 Å². The van der Waals surface area contributed by atoms with E-state index in [-0.39, 0.29) is 18.5 Å². The zero-order valence-corrected chi connectivity index (χ0v) is 17.4. The number of hydrogen-bond donors (Lipinski definition) is 1. The first kappa shape index (κ1) is 23.2. The number of carbonyl (C=O) groups excluding carboxylic acids is 1. The predicted octanol–water partition coefficient (Wildman–Crippen LogP) is 3.99. The molecule has 31 heavy (non-hydrogen) atoms. The van der Waals surface area contributed by atoms with Crippen molar-refractivity contribution in [2.24, 2.45) is 0 Å². The van der Waals surface area contributed by atoms with Crippen molar-refractivity contribution in [3.05, 3.63) is 65.0 Å². The quantitative estimate of drug-likeness (QED) is 0.666. The van der Waals surface area contributed by atoms with Crippen LogP contribution in [0.1, 0.15) is 40.7 Å². The van der Waals surface area contributed by atoms with Gasteiger partial charge in [0.25, 0.3) is 5.91 Å². The lowest BCUT2D eigenvalue weighted by molar-refractivity contribution is -0.137. The van der Waals surface area contributed by atoms with Crippen LogP contribution in [0, 0.1) is 5.82 Å². The first-order valence-corrected chi connectivity index (χ1v) is 11.3. The van der Waals surface area contributed by atoms with Crippen LogP contribution in [0.3, 0.4) is 0 Å². The Morgan fingerprint density at radius 2 is 1.65 bits per heavy atom. The van der Waals surface area contributed by atoms with E-state index in [9.17, 15) is 30.8 Å². The number of piperidine rings is 1. The molecule has 1 heterocycles. The van der Waals surface area contributed by atoms with Gasteiger partial charge in [-0.1, -0.05) is 18.6 Å². The fourth-order valence-electron chi connectivity index (χ4n) is 3.37. The molecule has 1 fully saturated rings. The highest BCUT2D eigenvalue weighted by Gasteiger charge is 2.30. The van der Waals surface area contributed by atoms with Gasteiger partial charge in [-0.25, -0.2) is 12.8 Å². The minimum Gasteiger partial charge on any atom is -0.352 e. The van der Waals surface area contributed by atoms with Gasteiger partial charge in [-0.05, 0) is 55.2 Å². The molecule has 168 valence electrons. The molecule has 5 nitrogen and oxygen atoms in total. The van der Waals surface area contributed by atoms with Gasteiger partial charge in [-0.2, -0.15) is 17.5 Å². The lowest BCUT2D eigenvalue weighted by Gasteiger charge is -2.26. The Morgan fingerprint density at radius 1 is 1.00 bits per heavy atom. The first-order valence-electron chi connectivity index (χ1n) is 9.83. The number of halogens is 4. The number of alkyl halides is 3. The Balaban J connectivity index is 1.65. The van der Waals surface area contributed by atoms with Gasteiger partial charge in [0.2, 0.25) is 10.0 Å². The van der Waals surface area contributed by atoms with E-state index in [0.717, 1.165) is 30.7 Å². The summed E-state index contributed by atoms with van der Waals surface area (Å²) in [6.07, 6.45) is -1.82. The van der Waals surface area contributed by atoms with E-state index in [2.05, 4.69) is 5.32 Å². The standard InChI is InChI=1S/C21H22F4N2O3S/c22-18-9-6-16(14-19(18)31(29,30)27-12-2-1-3-13-27)20(28)26-11-10-15-4-7-17(8-5-15)21(23,24)25/h4-9,14H,1-3,10-13H2,(H,26,28). The molecule has 2 aromatic carbocycles. The van der Waals surface area contributed by atoms with E-state index in [1.165, 1.54) is 22.5 Å². The van der Waals surface area contributed by atoms with E-state index < -0.39 is 38.4 Å². The number of nitrogens with zero attached hydrogens (tertiary/aromatic N) is 1. The second-order valence-corrected chi connectivity index (χ2v) is 9.22. The Morgan fingerprint density at radius 3 is 2.26 bits per heavy atom. The number of nitrogens with one attached hydrogen (secondary N) is 1. The molecule has 10 heteroatoms. The fraction of sp³-hybridized carbons (Fsp3) is 0.381. The minimum atomic E-state index is -4.42. The molecule has 1 aliphatic heterocycles. The van der Waals surface area contributed by atoms with E-state index >= 15 is 0 Å². The second kappa shape index (κ2) is 9.35. The monoisotopic (exact) mass is 458 g/mol. The molecule has 0 unspecified atom stereocenters. The van der Waals surface area contributed by atoms with Gasteiger partial charge in [0.15, 0.2) is 0 Å². The number of carbonyl (C=O) groups is 1. The summed E-state index contributed by atoms with van der Waals surface area (Å²) in [6, 6.07) is 7.75. The highest BCUT2D eigenvalue weighted by molar-refractivity contribution is 7.89. The van der Waals surface area contributed by atoms with Gasteiger partial charge in [0, 0.05) is 25.2 Å². The maximum atomic E-state index is 14.3. The largest absolute Gasteiger partial charge is 0.416 e. The van der Waals surface area contributed by atoms with Gasteiger partial charge in [0.05, 0.1) is 5.56 Å². The molecule has 0 aliphatic carbocycles. The maximum Gasteiger partial charge on any atom is 0.416 e. The minimum absolute atomic E-state index is 0.00981. The lowest BCUT2D eigenvalue weighted by Crippen LogP contribution is -2.36. The summed E-state index contributed by atoms with van der Waals surface area (Å²) < 4.78 is 78.8. The van der Waals surface area contributed by atoms with Crippen LogP contribution in [0.5, 0.6) is 0 Å². The van der Waals surface area contributed by atoms with Gasteiger partial charge in [-0.3, -0.25) is 4.79 Å². The van der Waals surface area contributed by atoms with Gasteiger partial charge in [-0.15, -0.1) is 0 Å². The lowest BCUT2D eigenvalue weighted by atomic mass is 10.1. The summed E-state index contributed by atoms with van der Waals surface area (Å²) in [4.78, 5) is 11.9. The van der Waals surface area contributed by atoms with Crippen LogP contribution in [0.4, 0.5) is 17.6 Å². The van der Waals surface area contributed by atoms with Crippen molar-refractivity contribution in [1.82, 2.24) is 9.62 Å². The molecule has 0 saturated carbocycles. The summed E-state index contributed by atoms with van der Waals surface area (Å²) in [5, 5.41) is 2.58. The second-order valence-electron chi connectivity index (χ2n) is 7.31. The molecule has 2 aromatic rings. The predicted molar refractivity (Wildman–Crippen MR) is 106 cm³/mol. The smallest absolute Gasteiger partial charge is 0.352 e. The van der Waals surface area contributed by atoms with Crippen molar-refractivity contribution in [3.63, 3.8) is 0 Å². The number of amides is 1. The molecule has 0 radical (unpaired) electrons. The van der Waals surface area contributed by atoms with Gasteiger partial charge < -0.3 is 5.32 Å². The molecule has 0 atom stereocenters. The number of benzene rings is 2. The fourth-order valence-corrected chi connectivity index (χ4v) is 4.98. The van der Waals surface area contributed by atoms with Crippen LogP contribution in [0.25, 0.3) is 0 Å². The van der Waals surface area contributed by atoms with Crippen LogP contribution in [0.15, 0.2) is 47.4 Å². The zero-order valence-electron chi connectivity index (χ0n) is 16.6. The van der Waals surface area contributed by atoms with Crippen LogP contribution in [-0.2, 0) is 22.6 Å². The van der Waals surface area contributed by atoms with Crippen LogP contribution in [0.2, 0.25) is 0 Å². The Hall–Kier alpha value is -2.46. The van der Waals surface area contributed by atoms with Crippen LogP contribution < -0.4 is 5.32 Å². The molecule has 3 rings (SSSR count). The maximum absolute atomic E-state index is 14.3. The Bertz CT molecular complexity index is 1030. The van der Waals surface area contributed by atoms with E-state index in [1.54, 1.807) is 0 Å². The highest BCUT2D eigenvalue weighted by atomic mass is 32.2. The van der Waals surface area contributed by atoms with Crippen molar-refractivity contribution < 1.29 is 30.8 Å². The first-order chi connectivity index (χ1) is 14.6.